The van der Waals surface area contributed by atoms with Crippen LogP contribution in [0.2, 0.25) is 0 Å². The molecule has 1 rings (SSSR count). The summed E-state index contributed by atoms with van der Waals surface area (Å²) in [6.07, 6.45) is 3.59. The van der Waals surface area contributed by atoms with Crippen LogP contribution in [0, 0.1) is 0 Å². The van der Waals surface area contributed by atoms with Gasteiger partial charge in [-0.15, -0.1) is 0 Å². The Morgan fingerprint density at radius 1 is 1.60 bits per heavy atom. The van der Waals surface area contributed by atoms with E-state index in [0.29, 0.717) is 5.75 Å². The minimum absolute atomic E-state index is 0.260. The maximum absolute atomic E-state index is 10.9. The van der Waals surface area contributed by atoms with Crippen molar-refractivity contribution in [3.05, 3.63) is 11.6 Å². The summed E-state index contributed by atoms with van der Waals surface area (Å²) in [4.78, 5) is 0. The topological polar surface area (TPSA) is 34.1 Å². The molecular weight excluding hydrogens is 148 g/mol. The van der Waals surface area contributed by atoms with Crippen molar-refractivity contribution in [2.75, 3.05) is 11.5 Å². The molecule has 0 N–H and O–H groups in total. The first-order valence-corrected chi connectivity index (χ1v) is 5.34. The molecular formula is C7H12O2S. The van der Waals surface area contributed by atoms with Crippen molar-refractivity contribution >= 4 is 9.84 Å². The van der Waals surface area contributed by atoms with Crippen molar-refractivity contribution in [3.63, 3.8) is 0 Å². The highest BCUT2D eigenvalue weighted by atomic mass is 32.2. The lowest BCUT2D eigenvalue weighted by Crippen LogP contribution is -2.14. The lowest BCUT2D eigenvalue weighted by Gasteiger charge is -2.10. The average molecular weight is 160 g/mol. The Kier molecular flexibility index (Phi) is 2.14. The Balaban J connectivity index is 2.70. The van der Waals surface area contributed by atoms with Gasteiger partial charge in [-0.25, -0.2) is 8.42 Å². The SMILES string of the molecule is CCC1=CCS(=O)(=O)CC1. The van der Waals surface area contributed by atoms with Crippen LogP contribution in [0.1, 0.15) is 19.8 Å². The largest absolute Gasteiger partial charge is 0.229 e. The van der Waals surface area contributed by atoms with Crippen molar-refractivity contribution in [1.82, 2.24) is 0 Å². The summed E-state index contributed by atoms with van der Waals surface area (Å²) in [6.45, 7) is 2.06. The summed E-state index contributed by atoms with van der Waals surface area (Å²) >= 11 is 0. The number of allylic oxidation sites excluding steroid dienone is 1. The molecule has 0 aliphatic carbocycles. The highest BCUT2D eigenvalue weighted by Crippen LogP contribution is 2.14. The fraction of sp³-hybridized carbons (Fsp3) is 0.714. The van der Waals surface area contributed by atoms with E-state index in [-0.39, 0.29) is 5.75 Å². The molecule has 0 unspecified atom stereocenters. The molecule has 1 aliphatic heterocycles. The van der Waals surface area contributed by atoms with Gasteiger partial charge in [0.15, 0.2) is 9.84 Å². The Hall–Kier alpha value is -0.310. The van der Waals surface area contributed by atoms with Crippen molar-refractivity contribution in [1.29, 1.82) is 0 Å². The second-order valence-electron chi connectivity index (χ2n) is 2.58. The third kappa shape index (κ3) is 1.84. The maximum Gasteiger partial charge on any atom is 0.154 e. The molecule has 2 nitrogen and oxygen atoms in total. The Morgan fingerprint density at radius 3 is 2.70 bits per heavy atom. The molecule has 0 bridgehead atoms. The molecule has 0 saturated heterocycles. The van der Waals surface area contributed by atoms with E-state index in [2.05, 4.69) is 6.92 Å². The van der Waals surface area contributed by atoms with Gasteiger partial charge < -0.3 is 0 Å². The molecule has 0 amide bonds. The van der Waals surface area contributed by atoms with Gasteiger partial charge in [0.1, 0.15) is 0 Å². The quantitative estimate of drug-likeness (QED) is 0.539. The summed E-state index contributed by atoms with van der Waals surface area (Å²) in [6, 6.07) is 0. The van der Waals surface area contributed by atoms with E-state index in [1.165, 1.54) is 5.57 Å². The third-order valence-corrected chi connectivity index (χ3v) is 3.31. The fourth-order valence-electron chi connectivity index (χ4n) is 1.04. The first kappa shape index (κ1) is 7.79. The smallest absolute Gasteiger partial charge is 0.154 e. The van der Waals surface area contributed by atoms with Gasteiger partial charge in [-0.2, -0.15) is 0 Å². The number of sulfone groups is 1. The normalized spacial score (nSPS) is 23.9. The van der Waals surface area contributed by atoms with Crippen LogP contribution in [0.25, 0.3) is 0 Å². The average Bonchev–Trinajstić information content (AvgIpc) is 1.88. The second-order valence-corrected chi connectivity index (χ2v) is 4.81. The van der Waals surface area contributed by atoms with E-state index in [1.807, 2.05) is 6.08 Å². The van der Waals surface area contributed by atoms with Crippen LogP contribution in [0.5, 0.6) is 0 Å². The first-order chi connectivity index (χ1) is 4.64. The molecule has 58 valence electrons. The lowest BCUT2D eigenvalue weighted by atomic mass is 10.1. The molecule has 0 spiro atoms. The molecule has 1 heterocycles. The molecule has 0 fully saturated rings. The van der Waals surface area contributed by atoms with E-state index >= 15 is 0 Å². The van der Waals surface area contributed by atoms with Gasteiger partial charge in [-0.3, -0.25) is 0 Å². The standard InChI is InChI=1S/C7H12O2S/c1-2-7-3-5-10(8,9)6-4-7/h3H,2,4-6H2,1H3. The fourth-order valence-corrected chi connectivity index (χ4v) is 2.27. The molecule has 0 atom stereocenters. The zero-order valence-corrected chi connectivity index (χ0v) is 6.95. The van der Waals surface area contributed by atoms with Crippen LogP contribution in [0.15, 0.2) is 11.6 Å². The van der Waals surface area contributed by atoms with Crippen LogP contribution < -0.4 is 0 Å². The van der Waals surface area contributed by atoms with Crippen LogP contribution in [-0.4, -0.2) is 19.9 Å². The van der Waals surface area contributed by atoms with Crippen LogP contribution in [0.4, 0.5) is 0 Å². The molecule has 0 aromatic heterocycles. The summed E-state index contributed by atoms with van der Waals surface area (Å²) in [5.74, 6) is 0.614. The monoisotopic (exact) mass is 160 g/mol. The van der Waals surface area contributed by atoms with Gasteiger partial charge in [0.2, 0.25) is 0 Å². The zero-order chi connectivity index (χ0) is 7.61. The van der Waals surface area contributed by atoms with Crippen LogP contribution >= 0.6 is 0 Å². The molecule has 0 saturated carbocycles. The molecule has 0 radical (unpaired) electrons. The van der Waals surface area contributed by atoms with Crippen molar-refractivity contribution < 1.29 is 8.42 Å². The van der Waals surface area contributed by atoms with Gasteiger partial charge in [0, 0.05) is 0 Å². The summed E-state index contributed by atoms with van der Waals surface area (Å²) in [5.41, 5.74) is 1.29. The lowest BCUT2D eigenvalue weighted by molar-refractivity contribution is 0.595. The zero-order valence-electron chi connectivity index (χ0n) is 6.13. The molecule has 0 aromatic carbocycles. The summed E-state index contributed by atoms with van der Waals surface area (Å²) < 4.78 is 21.7. The van der Waals surface area contributed by atoms with E-state index in [1.54, 1.807) is 0 Å². The predicted molar refractivity (Wildman–Crippen MR) is 41.6 cm³/mol. The van der Waals surface area contributed by atoms with Gasteiger partial charge >= 0.3 is 0 Å². The number of hydrogen-bond donors (Lipinski definition) is 0. The summed E-state index contributed by atoms with van der Waals surface area (Å²) in [5, 5.41) is 0. The first-order valence-electron chi connectivity index (χ1n) is 3.52. The highest BCUT2D eigenvalue weighted by molar-refractivity contribution is 7.91. The third-order valence-electron chi connectivity index (χ3n) is 1.81. The Labute approximate surface area is 61.9 Å². The van der Waals surface area contributed by atoms with Crippen molar-refractivity contribution in [3.8, 4) is 0 Å². The van der Waals surface area contributed by atoms with E-state index in [4.69, 9.17) is 0 Å². The van der Waals surface area contributed by atoms with Gasteiger partial charge in [0.25, 0.3) is 0 Å². The predicted octanol–water partition coefficient (Wildman–Crippen LogP) is 1.14. The maximum atomic E-state index is 10.9. The number of hydrogen-bond acceptors (Lipinski definition) is 2. The Bertz CT molecular complexity index is 236. The van der Waals surface area contributed by atoms with Crippen LogP contribution in [-0.2, 0) is 9.84 Å². The van der Waals surface area contributed by atoms with E-state index < -0.39 is 9.84 Å². The minimum atomic E-state index is -2.70. The van der Waals surface area contributed by atoms with E-state index in [9.17, 15) is 8.42 Å². The van der Waals surface area contributed by atoms with Gasteiger partial charge in [-0.05, 0) is 12.8 Å². The molecule has 0 aromatic rings. The number of rotatable bonds is 1. The van der Waals surface area contributed by atoms with E-state index in [0.717, 1.165) is 12.8 Å². The highest BCUT2D eigenvalue weighted by Gasteiger charge is 2.14. The van der Waals surface area contributed by atoms with Crippen molar-refractivity contribution in [2.45, 2.75) is 19.8 Å². The molecule has 3 heteroatoms. The molecule has 1 aliphatic rings. The van der Waals surface area contributed by atoms with Gasteiger partial charge in [0.05, 0.1) is 11.5 Å². The second kappa shape index (κ2) is 2.74. The van der Waals surface area contributed by atoms with Crippen molar-refractivity contribution in [2.24, 2.45) is 0 Å². The minimum Gasteiger partial charge on any atom is -0.229 e. The summed E-state index contributed by atoms with van der Waals surface area (Å²) in [7, 11) is -2.70. The van der Waals surface area contributed by atoms with Crippen LogP contribution in [0.3, 0.4) is 0 Å². The molecule has 10 heavy (non-hydrogen) atoms. The van der Waals surface area contributed by atoms with Gasteiger partial charge in [-0.1, -0.05) is 18.6 Å². The Morgan fingerprint density at radius 2 is 2.30 bits per heavy atom.